The lowest BCUT2D eigenvalue weighted by atomic mass is 10.1. The summed E-state index contributed by atoms with van der Waals surface area (Å²) in [6.45, 7) is 0. The lowest BCUT2D eigenvalue weighted by Gasteiger charge is -2.13. The summed E-state index contributed by atoms with van der Waals surface area (Å²) in [5.74, 6) is -1.02. The standard InChI is InChI=1S/C17H14F3N3O2/c18-17(19,20)12-4-2-8-21-15(12)16(25)22-11-6-7-13-10(9-11)3-1-5-14(24)23-13/h2,4,6-9H,1,3,5H2,(H,22,25)(H,23,24). The van der Waals surface area contributed by atoms with Gasteiger partial charge in [0.05, 0.1) is 5.56 Å². The van der Waals surface area contributed by atoms with Gasteiger partial charge in [0.25, 0.3) is 5.91 Å². The minimum atomic E-state index is -4.67. The maximum atomic E-state index is 13.0. The van der Waals surface area contributed by atoms with Crippen LogP contribution in [-0.4, -0.2) is 16.8 Å². The molecule has 1 aliphatic rings. The summed E-state index contributed by atoms with van der Waals surface area (Å²) in [4.78, 5) is 27.3. The van der Waals surface area contributed by atoms with E-state index < -0.39 is 23.3 Å². The normalized spacial score (nSPS) is 14.3. The Morgan fingerprint density at radius 1 is 1.20 bits per heavy atom. The van der Waals surface area contributed by atoms with Crippen LogP contribution in [0.4, 0.5) is 24.5 Å². The number of anilines is 2. The fourth-order valence-corrected chi connectivity index (χ4v) is 2.66. The number of fused-ring (bicyclic) bond motifs is 1. The molecular formula is C17H14F3N3O2. The van der Waals surface area contributed by atoms with Crippen LogP contribution in [-0.2, 0) is 17.4 Å². The maximum absolute atomic E-state index is 13.0. The number of amides is 2. The van der Waals surface area contributed by atoms with Gasteiger partial charge in [-0.25, -0.2) is 0 Å². The number of carbonyl (C=O) groups is 2. The molecule has 25 heavy (non-hydrogen) atoms. The van der Waals surface area contributed by atoms with Crippen LogP contribution in [0.3, 0.4) is 0 Å². The van der Waals surface area contributed by atoms with E-state index >= 15 is 0 Å². The number of nitrogens with zero attached hydrogens (tertiary/aromatic N) is 1. The molecule has 0 fully saturated rings. The van der Waals surface area contributed by atoms with Crippen molar-refractivity contribution in [3.63, 3.8) is 0 Å². The quantitative estimate of drug-likeness (QED) is 0.870. The van der Waals surface area contributed by atoms with Crippen molar-refractivity contribution in [3.8, 4) is 0 Å². The van der Waals surface area contributed by atoms with Crippen LogP contribution in [0, 0.1) is 0 Å². The second-order valence-electron chi connectivity index (χ2n) is 5.63. The summed E-state index contributed by atoms with van der Waals surface area (Å²) < 4.78 is 39.0. The van der Waals surface area contributed by atoms with E-state index in [1.54, 1.807) is 12.1 Å². The average molecular weight is 349 g/mol. The highest BCUT2D eigenvalue weighted by atomic mass is 19.4. The van der Waals surface area contributed by atoms with Crippen LogP contribution in [0.15, 0.2) is 36.5 Å². The van der Waals surface area contributed by atoms with Gasteiger partial charge in [0.2, 0.25) is 5.91 Å². The van der Waals surface area contributed by atoms with Crippen molar-refractivity contribution < 1.29 is 22.8 Å². The number of halogens is 3. The van der Waals surface area contributed by atoms with Gasteiger partial charge < -0.3 is 10.6 Å². The predicted molar refractivity (Wildman–Crippen MR) is 85.2 cm³/mol. The molecule has 5 nitrogen and oxygen atoms in total. The lowest BCUT2D eigenvalue weighted by molar-refractivity contribution is -0.138. The molecule has 0 saturated heterocycles. The third kappa shape index (κ3) is 3.78. The number of benzene rings is 1. The highest BCUT2D eigenvalue weighted by molar-refractivity contribution is 6.04. The molecule has 3 rings (SSSR count). The minimum absolute atomic E-state index is 0.0844. The van der Waals surface area contributed by atoms with Gasteiger partial charge in [-0.2, -0.15) is 13.2 Å². The molecular weight excluding hydrogens is 335 g/mol. The first-order valence-corrected chi connectivity index (χ1v) is 7.61. The lowest BCUT2D eigenvalue weighted by Crippen LogP contribution is -2.20. The van der Waals surface area contributed by atoms with Crippen LogP contribution in [0.25, 0.3) is 0 Å². The third-order valence-electron chi connectivity index (χ3n) is 3.82. The molecule has 1 aromatic heterocycles. The summed E-state index contributed by atoms with van der Waals surface area (Å²) >= 11 is 0. The van der Waals surface area contributed by atoms with E-state index in [-0.39, 0.29) is 5.91 Å². The van der Waals surface area contributed by atoms with Crippen molar-refractivity contribution in [2.45, 2.75) is 25.4 Å². The number of pyridine rings is 1. The van der Waals surface area contributed by atoms with Crippen molar-refractivity contribution in [3.05, 3.63) is 53.3 Å². The monoisotopic (exact) mass is 349 g/mol. The molecule has 2 heterocycles. The molecule has 2 N–H and O–H groups in total. The number of rotatable bonds is 2. The summed E-state index contributed by atoms with van der Waals surface area (Å²) in [6.07, 6.45) is -1.83. The van der Waals surface area contributed by atoms with Gasteiger partial charge in [-0.05, 0) is 48.7 Å². The number of carbonyl (C=O) groups excluding carboxylic acids is 2. The Labute approximate surface area is 141 Å². The van der Waals surface area contributed by atoms with Crippen LogP contribution in [0.5, 0.6) is 0 Å². The zero-order chi connectivity index (χ0) is 18.0. The van der Waals surface area contributed by atoms with Crippen molar-refractivity contribution >= 4 is 23.2 Å². The zero-order valence-electron chi connectivity index (χ0n) is 13.0. The minimum Gasteiger partial charge on any atom is -0.326 e. The topological polar surface area (TPSA) is 71.1 Å². The summed E-state index contributed by atoms with van der Waals surface area (Å²) in [5.41, 5.74) is 0.0430. The number of alkyl halides is 3. The van der Waals surface area contributed by atoms with E-state index in [4.69, 9.17) is 0 Å². The highest BCUT2D eigenvalue weighted by Gasteiger charge is 2.36. The van der Waals surface area contributed by atoms with Crippen LogP contribution < -0.4 is 10.6 Å². The number of nitrogens with one attached hydrogen (secondary N) is 2. The second-order valence-corrected chi connectivity index (χ2v) is 5.63. The Hall–Kier alpha value is -2.90. The Morgan fingerprint density at radius 3 is 2.76 bits per heavy atom. The van der Waals surface area contributed by atoms with Gasteiger partial charge in [0.1, 0.15) is 5.69 Å². The van der Waals surface area contributed by atoms with E-state index in [9.17, 15) is 22.8 Å². The number of hydrogen-bond donors (Lipinski definition) is 2. The van der Waals surface area contributed by atoms with Gasteiger partial charge in [-0.1, -0.05) is 0 Å². The molecule has 1 aliphatic heterocycles. The fraction of sp³-hybridized carbons (Fsp3) is 0.235. The van der Waals surface area contributed by atoms with E-state index in [2.05, 4.69) is 15.6 Å². The van der Waals surface area contributed by atoms with Crippen molar-refractivity contribution in [2.75, 3.05) is 10.6 Å². The van der Waals surface area contributed by atoms with Gasteiger partial charge in [-0.3, -0.25) is 14.6 Å². The van der Waals surface area contributed by atoms with Crippen molar-refractivity contribution in [1.82, 2.24) is 4.98 Å². The summed E-state index contributed by atoms with van der Waals surface area (Å²) in [6, 6.07) is 6.74. The highest BCUT2D eigenvalue weighted by Crippen LogP contribution is 2.31. The molecule has 0 saturated carbocycles. The van der Waals surface area contributed by atoms with Crippen molar-refractivity contribution in [1.29, 1.82) is 0 Å². The van der Waals surface area contributed by atoms with Crippen LogP contribution in [0.2, 0.25) is 0 Å². The van der Waals surface area contributed by atoms with Crippen LogP contribution in [0.1, 0.15) is 34.5 Å². The fourth-order valence-electron chi connectivity index (χ4n) is 2.66. The van der Waals surface area contributed by atoms with Crippen molar-refractivity contribution in [2.24, 2.45) is 0 Å². The largest absolute Gasteiger partial charge is 0.418 e. The Kier molecular flexibility index (Phi) is 4.43. The third-order valence-corrected chi connectivity index (χ3v) is 3.82. The van der Waals surface area contributed by atoms with Gasteiger partial charge in [-0.15, -0.1) is 0 Å². The number of aromatic nitrogens is 1. The second kappa shape index (κ2) is 6.54. The average Bonchev–Trinajstić information content (AvgIpc) is 2.74. The molecule has 0 unspecified atom stereocenters. The molecule has 0 atom stereocenters. The van der Waals surface area contributed by atoms with E-state index in [1.807, 2.05) is 0 Å². The first-order chi connectivity index (χ1) is 11.8. The molecule has 1 aromatic carbocycles. The Bertz CT molecular complexity index is 834. The van der Waals surface area contributed by atoms with Gasteiger partial charge in [0.15, 0.2) is 0 Å². The number of aryl methyl sites for hydroxylation is 1. The molecule has 0 bridgehead atoms. The first kappa shape index (κ1) is 16.9. The Balaban J connectivity index is 1.85. The SMILES string of the molecule is O=C1CCCc2cc(NC(=O)c3ncccc3C(F)(F)F)ccc2N1. The smallest absolute Gasteiger partial charge is 0.326 e. The van der Waals surface area contributed by atoms with E-state index in [0.29, 0.717) is 30.6 Å². The van der Waals surface area contributed by atoms with E-state index in [0.717, 1.165) is 23.9 Å². The summed E-state index contributed by atoms with van der Waals surface area (Å²) in [7, 11) is 0. The Morgan fingerprint density at radius 2 is 2.00 bits per heavy atom. The zero-order valence-corrected chi connectivity index (χ0v) is 13.0. The van der Waals surface area contributed by atoms with Crippen LogP contribution >= 0.6 is 0 Å². The molecule has 2 aromatic rings. The molecule has 2 amide bonds. The molecule has 8 heteroatoms. The number of hydrogen-bond acceptors (Lipinski definition) is 3. The predicted octanol–water partition coefficient (Wildman–Crippen LogP) is 3.63. The van der Waals surface area contributed by atoms with Gasteiger partial charge >= 0.3 is 6.18 Å². The summed E-state index contributed by atoms with van der Waals surface area (Å²) in [5, 5.41) is 5.19. The maximum Gasteiger partial charge on any atom is 0.418 e. The first-order valence-electron chi connectivity index (χ1n) is 7.61. The molecule has 130 valence electrons. The molecule has 0 spiro atoms. The molecule has 0 aliphatic carbocycles. The van der Waals surface area contributed by atoms with E-state index in [1.165, 1.54) is 6.07 Å². The molecule has 0 radical (unpaired) electrons. The van der Waals surface area contributed by atoms with Gasteiger partial charge in [0, 0.05) is 24.0 Å².